The molecule has 3 heterocycles. The Morgan fingerprint density at radius 2 is 1.88 bits per heavy atom. The largest absolute Gasteiger partial charge is 0.452 e. The van der Waals surface area contributed by atoms with E-state index in [1.165, 1.54) is 6.20 Å². The number of hydrogen-bond donors (Lipinski definition) is 1. The van der Waals surface area contributed by atoms with Gasteiger partial charge in [-0.05, 0) is 42.3 Å². The molecule has 1 saturated heterocycles. The van der Waals surface area contributed by atoms with Crippen molar-refractivity contribution in [3.63, 3.8) is 0 Å². The molecule has 172 valence electrons. The van der Waals surface area contributed by atoms with Gasteiger partial charge < -0.3 is 19.7 Å². The number of benzene rings is 1. The third-order valence-electron chi connectivity index (χ3n) is 5.30. The Morgan fingerprint density at radius 3 is 2.55 bits per heavy atom. The Bertz CT molecular complexity index is 1090. The number of hydrogen-bond acceptors (Lipinski definition) is 7. The topological polar surface area (TPSA) is 98.6 Å². The summed E-state index contributed by atoms with van der Waals surface area (Å²) in [6.45, 7) is 6.64. The zero-order valence-corrected chi connectivity index (χ0v) is 18.7. The van der Waals surface area contributed by atoms with E-state index < -0.39 is 18.5 Å². The molecule has 1 fully saturated rings. The molecule has 0 bridgehead atoms. The number of anilines is 2. The molecular formula is C24H27N5O4. The summed E-state index contributed by atoms with van der Waals surface area (Å²) in [4.78, 5) is 31.6. The fourth-order valence-corrected chi connectivity index (χ4v) is 3.72. The van der Waals surface area contributed by atoms with Crippen molar-refractivity contribution in [2.75, 3.05) is 43.1 Å². The van der Waals surface area contributed by atoms with Crippen molar-refractivity contribution in [1.29, 1.82) is 0 Å². The average molecular weight is 450 g/mol. The molecule has 1 N–H and O–H groups in total. The van der Waals surface area contributed by atoms with Crippen molar-refractivity contribution in [1.82, 2.24) is 14.8 Å². The maximum Gasteiger partial charge on any atom is 0.342 e. The maximum atomic E-state index is 12.7. The lowest BCUT2D eigenvalue weighted by Crippen LogP contribution is -2.36. The monoisotopic (exact) mass is 449 g/mol. The molecule has 0 atom stereocenters. The van der Waals surface area contributed by atoms with E-state index in [9.17, 15) is 9.59 Å². The molecule has 0 radical (unpaired) electrons. The fraction of sp³-hybridized carbons (Fsp3) is 0.333. The molecule has 0 unspecified atom stereocenters. The van der Waals surface area contributed by atoms with Gasteiger partial charge in [-0.15, -0.1) is 0 Å². The highest BCUT2D eigenvalue weighted by Crippen LogP contribution is 2.23. The van der Waals surface area contributed by atoms with Crippen LogP contribution in [-0.2, 0) is 14.3 Å². The fourth-order valence-electron chi connectivity index (χ4n) is 3.72. The number of amides is 1. The average Bonchev–Trinajstić information content (AvgIpc) is 3.30. The summed E-state index contributed by atoms with van der Waals surface area (Å²) in [6.07, 6.45) is 3.12. The molecule has 1 aromatic carbocycles. The molecule has 0 saturated carbocycles. The third kappa shape index (κ3) is 5.38. The Hall–Kier alpha value is -3.72. The van der Waals surface area contributed by atoms with Crippen molar-refractivity contribution in [2.45, 2.75) is 19.8 Å². The standard InChI is InChI=1S/C24H27N5O4/c1-17(2)23-20(15-26-29(23)21-5-3-4-10-25-21)24(31)33-16-22(30)27-18-6-8-19(9-7-18)28-11-13-32-14-12-28/h3-10,15,17H,11-14,16H2,1-2H3,(H,27,30). The third-order valence-corrected chi connectivity index (χ3v) is 5.30. The lowest BCUT2D eigenvalue weighted by atomic mass is 10.1. The highest BCUT2D eigenvalue weighted by atomic mass is 16.5. The molecule has 0 aliphatic carbocycles. The smallest absolute Gasteiger partial charge is 0.342 e. The molecule has 33 heavy (non-hydrogen) atoms. The van der Waals surface area contributed by atoms with E-state index in [0.29, 0.717) is 36.0 Å². The van der Waals surface area contributed by atoms with Gasteiger partial charge in [0, 0.05) is 30.7 Å². The second-order valence-corrected chi connectivity index (χ2v) is 7.97. The van der Waals surface area contributed by atoms with Crippen molar-refractivity contribution in [3.05, 3.63) is 66.1 Å². The first-order chi connectivity index (χ1) is 16.0. The Morgan fingerprint density at radius 1 is 1.12 bits per heavy atom. The minimum absolute atomic E-state index is 0.00383. The van der Waals surface area contributed by atoms with Crippen molar-refractivity contribution >= 4 is 23.3 Å². The molecule has 2 aromatic heterocycles. The molecule has 1 aliphatic rings. The summed E-state index contributed by atoms with van der Waals surface area (Å²) >= 11 is 0. The molecule has 1 aliphatic heterocycles. The highest BCUT2D eigenvalue weighted by Gasteiger charge is 2.23. The number of pyridine rings is 1. The molecule has 4 rings (SSSR count). The Balaban J connectivity index is 1.36. The van der Waals surface area contributed by atoms with E-state index in [1.807, 2.05) is 56.3 Å². The predicted octanol–water partition coefficient (Wildman–Crippen LogP) is 3.02. The summed E-state index contributed by atoms with van der Waals surface area (Å²) in [6, 6.07) is 13.0. The van der Waals surface area contributed by atoms with Crippen LogP contribution in [0.4, 0.5) is 11.4 Å². The van der Waals surface area contributed by atoms with Gasteiger partial charge in [0.1, 0.15) is 5.56 Å². The predicted molar refractivity (Wildman–Crippen MR) is 124 cm³/mol. The lowest BCUT2D eigenvalue weighted by Gasteiger charge is -2.28. The van der Waals surface area contributed by atoms with Crippen LogP contribution in [0.2, 0.25) is 0 Å². The number of carbonyl (C=O) groups is 2. The summed E-state index contributed by atoms with van der Waals surface area (Å²) < 4.78 is 12.3. The molecule has 1 amide bonds. The van der Waals surface area contributed by atoms with Crippen LogP contribution >= 0.6 is 0 Å². The number of nitrogens with zero attached hydrogens (tertiary/aromatic N) is 4. The Labute approximate surface area is 192 Å². The van der Waals surface area contributed by atoms with Crippen molar-refractivity contribution in [3.8, 4) is 5.82 Å². The van der Waals surface area contributed by atoms with E-state index in [0.717, 1.165) is 18.8 Å². The number of ether oxygens (including phenoxy) is 2. The molecule has 0 spiro atoms. The molecular weight excluding hydrogens is 422 g/mol. The summed E-state index contributed by atoms with van der Waals surface area (Å²) in [5.74, 6) is -0.404. The number of carbonyl (C=O) groups excluding carboxylic acids is 2. The number of aromatic nitrogens is 3. The number of morpholine rings is 1. The first-order valence-electron chi connectivity index (χ1n) is 10.9. The van der Waals surface area contributed by atoms with E-state index in [1.54, 1.807) is 10.9 Å². The van der Waals surface area contributed by atoms with Crippen LogP contribution in [0.3, 0.4) is 0 Å². The van der Waals surface area contributed by atoms with Gasteiger partial charge in [0.2, 0.25) is 0 Å². The molecule has 3 aromatic rings. The van der Waals surface area contributed by atoms with Crippen LogP contribution in [0.25, 0.3) is 5.82 Å². The van der Waals surface area contributed by atoms with Crippen LogP contribution in [0.5, 0.6) is 0 Å². The summed E-state index contributed by atoms with van der Waals surface area (Å²) in [5.41, 5.74) is 2.71. The van der Waals surface area contributed by atoms with Crippen molar-refractivity contribution < 1.29 is 19.1 Å². The van der Waals surface area contributed by atoms with Gasteiger partial charge in [0.25, 0.3) is 5.91 Å². The Kier molecular flexibility index (Phi) is 6.99. The van der Waals surface area contributed by atoms with Gasteiger partial charge in [0.15, 0.2) is 12.4 Å². The van der Waals surface area contributed by atoms with Crippen LogP contribution in [0.15, 0.2) is 54.9 Å². The van der Waals surface area contributed by atoms with Gasteiger partial charge in [0.05, 0.1) is 25.1 Å². The van der Waals surface area contributed by atoms with Crippen LogP contribution in [0.1, 0.15) is 35.8 Å². The van der Waals surface area contributed by atoms with Crippen molar-refractivity contribution in [2.24, 2.45) is 0 Å². The highest BCUT2D eigenvalue weighted by molar-refractivity contribution is 5.96. The van der Waals surface area contributed by atoms with E-state index in [2.05, 4.69) is 20.3 Å². The van der Waals surface area contributed by atoms with Gasteiger partial charge in [-0.2, -0.15) is 5.10 Å². The van der Waals surface area contributed by atoms with E-state index in [-0.39, 0.29) is 5.92 Å². The van der Waals surface area contributed by atoms with Gasteiger partial charge in [-0.25, -0.2) is 14.5 Å². The maximum absolute atomic E-state index is 12.7. The van der Waals surface area contributed by atoms with Crippen LogP contribution in [-0.4, -0.2) is 59.6 Å². The second kappa shape index (κ2) is 10.3. The molecule has 9 heteroatoms. The van der Waals surface area contributed by atoms with E-state index in [4.69, 9.17) is 9.47 Å². The summed E-state index contributed by atoms with van der Waals surface area (Å²) in [5, 5.41) is 7.07. The second-order valence-electron chi connectivity index (χ2n) is 7.97. The minimum atomic E-state index is -0.598. The zero-order valence-electron chi connectivity index (χ0n) is 18.7. The number of nitrogens with one attached hydrogen (secondary N) is 1. The summed E-state index contributed by atoms with van der Waals surface area (Å²) in [7, 11) is 0. The van der Waals surface area contributed by atoms with Gasteiger partial charge >= 0.3 is 5.97 Å². The van der Waals surface area contributed by atoms with Crippen LogP contribution < -0.4 is 10.2 Å². The van der Waals surface area contributed by atoms with Gasteiger partial charge in [-0.3, -0.25) is 4.79 Å². The lowest BCUT2D eigenvalue weighted by molar-refractivity contribution is -0.119. The number of esters is 1. The SMILES string of the molecule is CC(C)c1c(C(=O)OCC(=O)Nc2ccc(N3CCOCC3)cc2)cnn1-c1ccccn1. The first kappa shape index (κ1) is 22.5. The normalized spacial score (nSPS) is 13.7. The quantitative estimate of drug-likeness (QED) is 0.554. The molecule has 9 nitrogen and oxygen atoms in total. The first-order valence-corrected chi connectivity index (χ1v) is 10.9. The zero-order chi connectivity index (χ0) is 23.2. The van der Waals surface area contributed by atoms with E-state index >= 15 is 0 Å². The number of rotatable bonds is 7. The van der Waals surface area contributed by atoms with Crippen LogP contribution in [0, 0.1) is 0 Å². The van der Waals surface area contributed by atoms with Gasteiger partial charge in [-0.1, -0.05) is 19.9 Å². The minimum Gasteiger partial charge on any atom is -0.452 e.